The molecule has 1 aliphatic carbocycles. The Morgan fingerprint density at radius 3 is 2.55 bits per heavy atom. The largest absolute Gasteiger partial charge is 0.388 e. The van der Waals surface area contributed by atoms with Crippen molar-refractivity contribution in [3.63, 3.8) is 0 Å². The van der Waals surface area contributed by atoms with Gasteiger partial charge in [0.25, 0.3) is 5.56 Å². The van der Waals surface area contributed by atoms with Crippen molar-refractivity contribution in [1.29, 1.82) is 0 Å². The first-order chi connectivity index (χ1) is 20.8. The number of anilines is 1. The molecule has 4 aromatic rings. The molecule has 236 valence electrons. The molecule has 0 spiro atoms. The number of fused-ring (bicyclic) bond motifs is 5. The average Bonchev–Trinajstić information content (AvgIpc) is 3.72. The van der Waals surface area contributed by atoms with Crippen LogP contribution >= 0.6 is 37.0 Å². The van der Waals surface area contributed by atoms with Crippen molar-refractivity contribution >= 4 is 76.9 Å². The van der Waals surface area contributed by atoms with Crippen molar-refractivity contribution in [2.45, 2.75) is 55.4 Å². The number of nitrogens with zero attached hydrogens (tertiary/aromatic N) is 8. The maximum atomic E-state index is 16.1. The highest BCUT2D eigenvalue weighted by molar-refractivity contribution is 8.60. The summed E-state index contributed by atoms with van der Waals surface area (Å²) in [4.78, 5) is 33.2. The molecule has 2 aliphatic heterocycles. The Morgan fingerprint density at radius 2 is 1.75 bits per heavy atom. The van der Waals surface area contributed by atoms with Gasteiger partial charge >= 0.3 is 6.80 Å². The van der Waals surface area contributed by atoms with Crippen LogP contribution in [0.2, 0.25) is 0 Å². The molecule has 23 heteroatoms. The summed E-state index contributed by atoms with van der Waals surface area (Å²) in [6.07, 6.45) is -4.43. The third-order valence-electron chi connectivity index (χ3n) is 7.68. The van der Waals surface area contributed by atoms with E-state index in [0.717, 1.165) is 0 Å². The lowest BCUT2D eigenvalue weighted by Gasteiger charge is -2.31. The molecule has 0 aromatic carbocycles. The minimum Gasteiger partial charge on any atom is -0.388 e. The van der Waals surface area contributed by atoms with Crippen LogP contribution in [0.1, 0.15) is 18.7 Å². The number of hydrogen-bond donors (Lipinski definition) is 4. The molecule has 10 atom stereocenters. The van der Waals surface area contributed by atoms with E-state index in [-0.39, 0.29) is 34.6 Å². The summed E-state index contributed by atoms with van der Waals surface area (Å²) >= 11 is 14.1. The number of nitrogen functional groups attached to an aromatic ring is 1. The minimum atomic E-state index is -4.26. The Morgan fingerprint density at radius 1 is 1.02 bits per heavy atom. The van der Waals surface area contributed by atoms with E-state index >= 15 is 4.39 Å². The van der Waals surface area contributed by atoms with E-state index in [1.165, 1.54) is 46.1 Å². The summed E-state index contributed by atoms with van der Waals surface area (Å²) in [6, 6.07) is -0.814. The van der Waals surface area contributed by atoms with Crippen LogP contribution in [0.5, 0.6) is 0 Å². The lowest BCUT2D eigenvalue weighted by atomic mass is 10.1. The fourth-order valence-corrected chi connectivity index (χ4v) is 9.61. The van der Waals surface area contributed by atoms with Crippen molar-refractivity contribution in [3.8, 4) is 0 Å². The van der Waals surface area contributed by atoms with E-state index in [2.05, 4.69) is 49.4 Å². The number of imidazole rings is 2. The third kappa shape index (κ3) is 5.21. The maximum Gasteiger partial charge on any atom is 0.386 e. The normalized spacial score (nSPS) is 38.0. The van der Waals surface area contributed by atoms with E-state index in [1.807, 2.05) is 0 Å². The average molecular weight is 708 g/mol. The molecule has 3 fully saturated rings. The van der Waals surface area contributed by atoms with Crippen LogP contribution in [-0.4, -0.2) is 87.0 Å². The van der Waals surface area contributed by atoms with Gasteiger partial charge in [-0.15, -0.1) is 0 Å². The molecular formula is C21H24FN9O8P2S3. The summed E-state index contributed by atoms with van der Waals surface area (Å²) in [5, 5.41) is 11.3. The molecule has 3 N–H and O–H groups in total. The van der Waals surface area contributed by atoms with Gasteiger partial charge in [-0.25, -0.2) is 33.9 Å². The lowest BCUT2D eigenvalue weighted by Crippen LogP contribution is -2.37. The summed E-state index contributed by atoms with van der Waals surface area (Å²) in [5.74, 6) is 0.0921. The van der Waals surface area contributed by atoms with Gasteiger partial charge in [-0.1, -0.05) is 24.5 Å². The molecule has 3 aliphatic rings. The third-order valence-corrected chi connectivity index (χ3v) is 11.4. The highest BCUT2D eigenvalue weighted by Gasteiger charge is 2.54. The van der Waals surface area contributed by atoms with E-state index in [4.69, 9.17) is 40.4 Å². The number of rotatable bonds is 2. The second kappa shape index (κ2) is 11.0. The van der Waals surface area contributed by atoms with Gasteiger partial charge in [-0.2, -0.15) is 0 Å². The predicted octanol–water partition coefficient (Wildman–Crippen LogP) is 1.47. The molecule has 2 bridgehead atoms. The monoisotopic (exact) mass is 707 g/mol. The Balaban J connectivity index is 1.22. The molecule has 44 heavy (non-hydrogen) atoms. The molecular weight excluding hydrogens is 683 g/mol. The molecule has 0 radical (unpaired) electrons. The molecule has 6 heterocycles. The molecule has 17 nitrogen and oxygen atoms in total. The van der Waals surface area contributed by atoms with Crippen molar-refractivity contribution in [2.24, 2.45) is 7.05 Å². The summed E-state index contributed by atoms with van der Waals surface area (Å²) in [5.41, 5.74) is 2.60. The van der Waals surface area contributed by atoms with Crippen LogP contribution in [0, 0.1) is 0 Å². The van der Waals surface area contributed by atoms with Gasteiger partial charge in [0.1, 0.15) is 36.3 Å². The highest BCUT2D eigenvalue weighted by Crippen LogP contribution is 2.62. The van der Waals surface area contributed by atoms with Gasteiger partial charge < -0.3 is 33.8 Å². The number of aromatic nitrogens is 8. The van der Waals surface area contributed by atoms with E-state index < -0.39 is 73.6 Å². The van der Waals surface area contributed by atoms with Gasteiger partial charge in [0.15, 0.2) is 35.0 Å². The fourth-order valence-electron chi connectivity index (χ4n) is 5.63. The molecule has 2 saturated heterocycles. The van der Waals surface area contributed by atoms with Crippen LogP contribution in [-0.2, 0) is 46.3 Å². The summed E-state index contributed by atoms with van der Waals surface area (Å²) in [6.45, 7) is -4.77. The highest BCUT2D eigenvalue weighted by atomic mass is 32.9. The molecule has 4 aromatic heterocycles. The van der Waals surface area contributed by atoms with Crippen LogP contribution in [0.4, 0.5) is 10.2 Å². The lowest BCUT2D eigenvalue weighted by molar-refractivity contribution is -0.0498. The van der Waals surface area contributed by atoms with Crippen molar-refractivity contribution in [3.05, 3.63) is 35.7 Å². The zero-order valence-corrected chi connectivity index (χ0v) is 26.8. The van der Waals surface area contributed by atoms with Gasteiger partial charge in [-0.3, -0.25) is 18.4 Å². The Bertz CT molecular complexity index is 1930. The topological polar surface area (TPSA) is 206 Å². The van der Waals surface area contributed by atoms with Gasteiger partial charge in [0.05, 0.1) is 37.7 Å². The van der Waals surface area contributed by atoms with Gasteiger partial charge in [0.2, 0.25) is 5.69 Å². The Kier molecular flexibility index (Phi) is 7.69. The molecule has 0 amide bonds. The fraction of sp³-hybridized carbons (Fsp3) is 0.524. The first kappa shape index (κ1) is 30.6. The number of halogens is 1. The minimum absolute atomic E-state index is 0.0126. The van der Waals surface area contributed by atoms with Gasteiger partial charge in [-0.05, 0) is 11.8 Å². The zero-order chi connectivity index (χ0) is 31.1. The first-order valence-electron chi connectivity index (χ1n) is 13.0. The van der Waals surface area contributed by atoms with Crippen molar-refractivity contribution < 1.29 is 36.9 Å². The number of hydrogen-bond acceptors (Lipinski definition) is 15. The number of aliphatic hydroxyl groups is 1. The summed E-state index contributed by atoms with van der Waals surface area (Å²) in [7, 11) is 1.53. The quantitative estimate of drug-likeness (QED) is 0.172. The van der Waals surface area contributed by atoms with Crippen molar-refractivity contribution in [1.82, 2.24) is 38.6 Å². The predicted molar refractivity (Wildman–Crippen MR) is 161 cm³/mol. The molecule has 2 unspecified atom stereocenters. The second-order valence-electron chi connectivity index (χ2n) is 10.4. The number of aryl methyl sites for hydroxylation is 1. The van der Waals surface area contributed by atoms with Crippen LogP contribution in [0.25, 0.3) is 22.3 Å². The van der Waals surface area contributed by atoms with Crippen LogP contribution in [0.3, 0.4) is 0 Å². The van der Waals surface area contributed by atoms with Crippen molar-refractivity contribution in [2.75, 3.05) is 12.3 Å². The number of ether oxygens (including phenoxy) is 1. The number of alkyl halides is 1. The summed E-state index contributed by atoms with van der Waals surface area (Å²) < 4.78 is 63.0. The number of nitrogens with two attached hydrogens (primary N) is 1. The smallest absolute Gasteiger partial charge is 0.386 e. The molecule has 7 rings (SSSR count). The second-order valence-corrected chi connectivity index (χ2v) is 18.5. The van der Waals surface area contributed by atoms with Crippen LogP contribution < -0.4 is 11.3 Å². The molecule has 1 saturated carbocycles. The number of aliphatic hydroxyl groups excluding tert-OH is 1. The zero-order valence-electron chi connectivity index (χ0n) is 22.4. The van der Waals surface area contributed by atoms with E-state index in [1.54, 1.807) is 0 Å². The number of thiol groups is 2. The van der Waals surface area contributed by atoms with E-state index in [9.17, 15) is 14.5 Å². The van der Waals surface area contributed by atoms with Gasteiger partial charge in [0, 0.05) is 13.5 Å². The standard InChI is InChI=1S/C21H24FN9O8P2S3/c1-29-5-28-19-13(20(29)33)27-6-30(19)8-2-9-14(32)15(8)38-40(34,42)35-3-10-16(39-41(43,44)37-9)11(22)21(36-10)31-7-26-12-17(23)24-4-25-18(12)31/h4-11,14-16,21,32H,2-3H2,1H3,(H,34,42)(H,43,44)(H2,23,24,25)/t8-,9+,10-,11-,14-,15+,16-,21-,40?/m1/s1. The Labute approximate surface area is 262 Å². The first-order valence-corrected chi connectivity index (χ1v) is 19.5. The van der Waals surface area contributed by atoms with Crippen LogP contribution in [0.15, 0.2) is 30.1 Å². The maximum absolute atomic E-state index is 16.1. The SMILES string of the molecule is Cn1cnc2c(ncn2[C@@H]2C[C@@H]3OP(=S)(S)O[C@H]4[C@@H](F)[C@H](n5cnc6c(N)ncnc65)O[C@@H]4COP(=O)(S)O[C@@H]2[C@@H]3O)c1=O. The Hall–Kier alpha value is -2.03. The van der Waals surface area contributed by atoms with E-state index in [0.29, 0.717) is 0 Å².